The minimum Gasteiger partial charge on any atom is -0.383 e. The molecule has 0 radical (unpaired) electrons. The van der Waals surface area contributed by atoms with Crippen molar-refractivity contribution in [2.45, 2.75) is 38.1 Å². The Balaban J connectivity index is 1.81. The van der Waals surface area contributed by atoms with Gasteiger partial charge in [0.2, 0.25) is 0 Å². The molecule has 116 valence electrons. The number of likely N-dealkylation sites (N-methyl/N-ethyl adjacent to an activating group) is 1. The van der Waals surface area contributed by atoms with E-state index in [1.165, 1.54) is 19.3 Å². The molecule has 21 heavy (non-hydrogen) atoms. The summed E-state index contributed by atoms with van der Waals surface area (Å²) in [6, 6.07) is 4.03. The molecule has 1 saturated carbocycles. The molecule has 5 heteroatoms. The number of hydrogen-bond acceptors (Lipinski definition) is 4. The third kappa shape index (κ3) is 5.34. The summed E-state index contributed by atoms with van der Waals surface area (Å²) < 4.78 is 0. The first-order chi connectivity index (χ1) is 10.1. The minimum atomic E-state index is -0.0539. The Hall–Kier alpha value is -1.62. The summed E-state index contributed by atoms with van der Waals surface area (Å²) in [4.78, 5) is 18.5. The number of nitrogens with one attached hydrogen (secondary N) is 2. The number of amides is 1. The summed E-state index contributed by atoms with van der Waals surface area (Å²) in [6.45, 7) is 1.83. The molecule has 5 nitrogen and oxygen atoms in total. The Bertz CT molecular complexity index is 438. The molecule has 1 aromatic heterocycles. The molecule has 0 saturated heterocycles. The van der Waals surface area contributed by atoms with Crippen molar-refractivity contribution in [3.8, 4) is 0 Å². The van der Waals surface area contributed by atoms with Crippen LogP contribution < -0.4 is 10.6 Å². The maximum absolute atomic E-state index is 12.1. The number of pyridine rings is 1. The van der Waals surface area contributed by atoms with Crippen molar-refractivity contribution < 1.29 is 4.79 Å². The van der Waals surface area contributed by atoms with Gasteiger partial charge in [-0.25, -0.2) is 4.98 Å². The first-order valence-electron chi connectivity index (χ1n) is 7.80. The lowest BCUT2D eigenvalue weighted by atomic mass is 9.95. The van der Waals surface area contributed by atoms with E-state index in [1.54, 1.807) is 12.3 Å². The molecule has 0 spiro atoms. The van der Waals surface area contributed by atoms with Gasteiger partial charge in [-0.2, -0.15) is 0 Å². The molecule has 2 rings (SSSR count). The zero-order valence-electron chi connectivity index (χ0n) is 13.1. The van der Waals surface area contributed by atoms with Crippen molar-refractivity contribution in [2.24, 2.45) is 0 Å². The van der Waals surface area contributed by atoms with Crippen LogP contribution in [0, 0.1) is 0 Å². The van der Waals surface area contributed by atoms with Gasteiger partial charge in [-0.1, -0.05) is 19.3 Å². The Kier molecular flexibility index (Phi) is 5.99. The molecule has 1 fully saturated rings. The van der Waals surface area contributed by atoms with E-state index in [0.717, 1.165) is 31.6 Å². The Labute approximate surface area is 127 Å². The van der Waals surface area contributed by atoms with Gasteiger partial charge in [-0.05, 0) is 39.1 Å². The molecule has 0 unspecified atom stereocenters. The molecule has 0 atom stereocenters. The molecule has 0 aromatic carbocycles. The molecule has 1 heterocycles. The van der Waals surface area contributed by atoms with E-state index in [1.807, 2.05) is 20.2 Å². The summed E-state index contributed by atoms with van der Waals surface area (Å²) in [5, 5.41) is 6.37. The van der Waals surface area contributed by atoms with Crippen LogP contribution in [0.1, 0.15) is 42.6 Å². The highest BCUT2D eigenvalue weighted by molar-refractivity contribution is 5.92. The number of nitrogens with zero attached hydrogens (tertiary/aromatic N) is 2. The van der Waals surface area contributed by atoms with Crippen LogP contribution in [0.25, 0.3) is 0 Å². The average Bonchev–Trinajstić information content (AvgIpc) is 2.48. The zero-order chi connectivity index (χ0) is 15.1. The van der Waals surface area contributed by atoms with E-state index in [9.17, 15) is 4.79 Å². The van der Waals surface area contributed by atoms with Gasteiger partial charge in [-0.15, -0.1) is 0 Å². The predicted molar refractivity (Wildman–Crippen MR) is 85.6 cm³/mol. The number of carbonyl (C=O) groups excluding carboxylic acids is 1. The molecule has 1 amide bonds. The van der Waals surface area contributed by atoms with E-state index >= 15 is 0 Å². The Morgan fingerprint density at radius 2 is 2.05 bits per heavy atom. The lowest BCUT2D eigenvalue weighted by Gasteiger charge is -2.22. The number of rotatable bonds is 6. The Morgan fingerprint density at radius 3 is 2.67 bits per heavy atom. The molecule has 2 N–H and O–H groups in total. The Morgan fingerprint density at radius 1 is 1.29 bits per heavy atom. The van der Waals surface area contributed by atoms with Crippen molar-refractivity contribution >= 4 is 11.6 Å². The molecule has 1 aromatic rings. The van der Waals surface area contributed by atoms with Crippen LogP contribution >= 0.6 is 0 Å². The van der Waals surface area contributed by atoms with Crippen molar-refractivity contribution in [1.82, 2.24) is 15.2 Å². The SMILES string of the molecule is CN(C)CCNc1ccc(C(=O)NC2CCCCC2)nc1. The minimum absolute atomic E-state index is 0.0539. The largest absolute Gasteiger partial charge is 0.383 e. The maximum Gasteiger partial charge on any atom is 0.270 e. The quantitative estimate of drug-likeness (QED) is 0.842. The van der Waals surface area contributed by atoms with Gasteiger partial charge in [0, 0.05) is 19.1 Å². The second kappa shape index (κ2) is 7.98. The normalized spacial score (nSPS) is 16.0. The molecule has 1 aliphatic carbocycles. The summed E-state index contributed by atoms with van der Waals surface area (Å²) in [5.74, 6) is -0.0539. The van der Waals surface area contributed by atoms with E-state index in [-0.39, 0.29) is 5.91 Å². The van der Waals surface area contributed by atoms with E-state index in [4.69, 9.17) is 0 Å². The van der Waals surface area contributed by atoms with Crippen molar-refractivity contribution in [3.63, 3.8) is 0 Å². The third-order valence-corrected chi connectivity index (χ3v) is 3.82. The highest BCUT2D eigenvalue weighted by Gasteiger charge is 2.17. The molecular weight excluding hydrogens is 264 g/mol. The van der Waals surface area contributed by atoms with Crippen LogP contribution in [0.5, 0.6) is 0 Å². The second-order valence-corrected chi connectivity index (χ2v) is 5.97. The number of anilines is 1. The van der Waals surface area contributed by atoms with E-state index in [2.05, 4.69) is 20.5 Å². The summed E-state index contributed by atoms with van der Waals surface area (Å²) in [5.41, 5.74) is 1.45. The van der Waals surface area contributed by atoms with Gasteiger partial charge in [0.1, 0.15) is 5.69 Å². The molecular formula is C16H26N4O. The predicted octanol–water partition coefficient (Wildman–Crippen LogP) is 2.12. The van der Waals surface area contributed by atoms with Crippen molar-refractivity contribution in [2.75, 3.05) is 32.5 Å². The molecule has 1 aliphatic rings. The monoisotopic (exact) mass is 290 g/mol. The summed E-state index contributed by atoms with van der Waals surface area (Å²) in [7, 11) is 4.08. The van der Waals surface area contributed by atoms with Crippen molar-refractivity contribution in [3.05, 3.63) is 24.0 Å². The smallest absolute Gasteiger partial charge is 0.270 e. The van der Waals surface area contributed by atoms with Gasteiger partial charge in [-0.3, -0.25) is 4.79 Å². The van der Waals surface area contributed by atoms with Crippen LogP contribution in [0.3, 0.4) is 0 Å². The number of hydrogen-bond donors (Lipinski definition) is 2. The van der Waals surface area contributed by atoms with Gasteiger partial charge < -0.3 is 15.5 Å². The third-order valence-electron chi connectivity index (χ3n) is 3.82. The molecule has 0 bridgehead atoms. The lowest BCUT2D eigenvalue weighted by Crippen LogP contribution is -2.36. The van der Waals surface area contributed by atoms with Gasteiger partial charge in [0.25, 0.3) is 5.91 Å². The van der Waals surface area contributed by atoms with Gasteiger partial charge >= 0.3 is 0 Å². The van der Waals surface area contributed by atoms with Crippen LogP contribution in [0.15, 0.2) is 18.3 Å². The molecule has 0 aliphatic heterocycles. The van der Waals surface area contributed by atoms with E-state index < -0.39 is 0 Å². The lowest BCUT2D eigenvalue weighted by molar-refractivity contribution is 0.0922. The summed E-state index contributed by atoms with van der Waals surface area (Å²) in [6.07, 6.45) is 7.63. The van der Waals surface area contributed by atoms with Gasteiger partial charge in [0.15, 0.2) is 0 Å². The fraction of sp³-hybridized carbons (Fsp3) is 0.625. The standard InChI is InChI=1S/C16H26N4O/c1-20(2)11-10-17-14-8-9-15(18-12-14)16(21)19-13-6-4-3-5-7-13/h8-9,12-13,17H,3-7,10-11H2,1-2H3,(H,19,21). The maximum atomic E-state index is 12.1. The highest BCUT2D eigenvalue weighted by Crippen LogP contribution is 2.17. The first-order valence-corrected chi connectivity index (χ1v) is 7.80. The van der Waals surface area contributed by atoms with Crippen LogP contribution in [0.2, 0.25) is 0 Å². The highest BCUT2D eigenvalue weighted by atomic mass is 16.1. The topological polar surface area (TPSA) is 57.3 Å². The van der Waals surface area contributed by atoms with Crippen molar-refractivity contribution in [1.29, 1.82) is 0 Å². The number of carbonyl (C=O) groups is 1. The fourth-order valence-electron chi connectivity index (χ4n) is 2.56. The zero-order valence-corrected chi connectivity index (χ0v) is 13.1. The second-order valence-electron chi connectivity index (χ2n) is 5.97. The fourth-order valence-corrected chi connectivity index (χ4v) is 2.56. The average molecular weight is 290 g/mol. The van der Waals surface area contributed by atoms with Crippen LogP contribution in [0.4, 0.5) is 5.69 Å². The van der Waals surface area contributed by atoms with E-state index in [0.29, 0.717) is 11.7 Å². The van der Waals surface area contributed by atoms with Crippen LogP contribution in [-0.2, 0) is 0 Å². The van der Waals surface area contributed by atoms with Crippen LogP contribution in [-0.4, -0.2) is 49.0 Å². The summed E-state index contributed by atoms with van der Waals surface area (Å²) >= 11 is 0. The number of aromatic nitrogens is 1. The van der Waals surface area contributed by atoms with Gasteiger partial charge in [0.05, 0.1) is 11.9 Å². The first kappa shape index (κ1) is 15.8.